The molecule has 2 fully saturated rings. The lowest BCUT2D eigenvalue weighted by molar-refractivity contribution is -0.122. The lowest BCUT2D eigenvalue weighted by atomic mass is 10.2. The van der Waals surface area contributed by atoms with Crippen LogP contribution >= 0.6 is 22.7 Å². The van der Waals surface area contributed by atoms with Gasteiger partial charge >= 0.3 is 0 Å². The average molecular weight is 392 g/mol. The topological polar surface area (TPSA) is 78.4 Å². The van der Waals surface area contributed by atoms with Gasteiger partial charge in [-0.05, 0) is 37.1 Å². The molecule has 2 aliphatic rings. The highest BCUT2D eigenvalue weighted by Crippen LogP contribution is 2.33. The molecule has 0 bridgehead atoms. The Labute approximate surface area is 160 Å². The van der Waals surface area contributed by atoms with E-state index in [-0.39, 0.29) is 17.9 Å². The monoisotopic (exact) mass is 391 g/mol. The maximum atomic E-state index is 12.6. The van der Waals surface area contributed by atoms with Crippen LogP contribution in [0.15, 0.2) is 17.5 Å². The van der Waals surface area contributed by atoms with E-state index in [4.69, 9.17) is 0 Å². The molecule has 0 saturated carbocycles. The Kier molecular flexibility index (Phi) is 5.16. The molecule has 9 heteroatoms. The number of aromatic nitrogens is 2. The van der Waals surface area contributed by atoms with Crippen LogP contribution < -0.4 is 15.1 Å². The summed E-state index contributed by atoms with van der Waals surface area (Å²) in [7, 11) is 0. The number of carbonyl (C=O) groups is 2. The van der Waals surface area contributed by atoms with Gasteiger partial charge in [-0.1, -0.05) is 17.4 Å². The van der Waals surface area contributed by atoms with Crippen molar-refractivity contribution >= 4 is 44.8 Å². The standard InChI is InChI=1S/C17H21N5O2S2/c23-14-6-2-10-22(14)17-20-19-16(26-17)21-9-1-5-13(21)15(24)18-8-7-12-4-3-11-25-12/h3-4,11,13H,1-2,5-10H2,(H,18,24). The van der Waals surface area contributed by atoms with Gasteiger partial charge in [-0.2, -0.15) is 0 Å². The van der Waals surface area contributed by atoms with Crippen molar-refractivity contribution in [3.63, 3.8) is 0 Å². The second kappa shape index (κ2) is 7.71. The Morgan fingerprint density at radius 2 is 2.15 bits per heavy atom. The summed E-state index contributed by atoms with van der Waals surface area (Å²) >= 11 is 3.11. The van der Waals surface area contributed by atoms with Gasteiger partial charge in [0.1, 0.15) is 6.04 Å². The smallest absolute Gasteiger partial charge is 0.242 e. The van der Waals surface area contributed by atoms with E-state index in [1.165, 1.54) is 16.2 Å². The molecule has 4 rings (SSSR count). The van der Waals surface area contributed by atoms with Gasteiger partial charge < -0.3 is 10.2 Å². The molecule has 0 radical (unpaired) electrons. The third kappa shape index (κ3) is 3.59. The van der Waals surface area contributed by atoms with E-state index in [0.717, 1.165) is 37.4 Å². The van der Waals surface area contributed by atoms with Gasteiger partial charge in [0.05, 0.1) is 0 Å². The van der Waals surface area contributed by atoms with E-state index < -0.39 is 0 Å². The fourth-order valence-electron chi connectivity index (χ4n) is 3.43. The molecule has 2 aliphatic heterocycles. The van der Waals surface area contributed by atoms with Crippen LogP contribution in [-0.4, -0.2) is 47.7 Å². The number of nitrogens with zero attached hydrogens (tertiary/aromatic N) is 4. The zero-order valence-corrected chi connectivity index (χ0v) is 16.0. The summed E-state index contributed by atoms with van der Waals surface area (Å²) in [5.41, 5.74) is 0. The van der Waals surface area contributed by atoms with Crippen LogP contribution in [0.1, 0.15) is 30.6 Å². The van der Waals surface area contributed by atoms with Crippen LogP contribution in [0.3, 0.4) is 0 Å². The Morgan fingerprint density at radius 3 is 2.92 bits per heavy atom. The van der Waals surface area contributed by atoms with Gasteiger partial charge in [0.25, 0.3) is 0 Å². The van der Waals surface area contributed by atoms with E-state index >= 15 is 0 Å². The number of hydrogen-bond acceptors (Lipinski definition) is 7. The van der Waals surface area contributed by atoms with Gasteiger partial charge in [-0.15, -0.1) is 21.5 Å². The predicted octanol–water partition coefficient (Wildman–Crippen LogP) is 2.05. The molecular weight excluding hydrogens is 370 g/mol. The van der Waals surface area contributed by atoms with Crippen LogP contribution in [0.5, 0.6) is 0 Å². The van der Waals surface area contributed by atoms with Crippen molar-refractivity contribution in [3.05, 3.63) is 22.4 Å². The number of rotatable bonds is 6. The molecule has 26 heavy (non-hydrogen) atoms. The van der Waals surface area contributed by atoms with Crippen LogP contribution in [0.2, 0.25) is 0 Å². The third-order valence-corrected chi connectivity index (χ3v) is 6.68. The van der Waals surface area contributed by atoms with Gasteiger partial charge in [0.15, 0.2) is 0 Å². The number of anilines is 2. The zero-order valence-electron chi connectivity index (χ0n) is 14.4. The molecule has 2 aromatic heterocycles. The van der Waals surface area contributed by atoms with E-state index in [1.54, 1.807) is 16.2 Å². The van der Waals surface area contributed by atoms with E-state index in [9.17, 15) is 9.59 Å². The predicted molar refractivity (Wildman–Crippen MR) is 103 cm³/mol. The number of thiophene rings is 1. The van der Waals surface area contributed by atoms with Crippen molar-refractivity contribution in [3.8, 4) is 0 Å². The molecule has 1 N–H and O–H groups in total. The quantitative estimate of drug-likeness (QED) is 0.815. The molecular formula is C17H21N5O2S2. The highest BCUT2D eigenvalue weighted by Gasteiger charge is 2.34. The molecule has 0 aromatic carbocycles. The van der Waals surface area contributed by atoms with Crippen LogP contribution in [-0.2, 0) is 16.0 Å². The molecule has 2 aromatic rings. The fraction of sp³-hybridized carbons (Fsp3) is 0.529. The second-order valence-electron chi connectivity index (χ2n) is 6.49. The first-order valence-corrected chi connectivity index (χ1v) is 10.6. The van der Waals surface area contributed by atoms with Crippen molar-refractivity contribution in [1.29, 1.82) is 0 Å². The number of carbonyl (C=O) groups excluding carboxylic acids is 2. The molecule has 7 nitrogen and oxygen atoms in total. The summed E-state index contributed by atoms with van der Waals surface area (Å²) < 4.78 is 0. The maximum Gasteiger partial charge on any atom is 0.242 e. The minimum absolute atomic E-state index is 0.0491. The Balaban J connectivity index is 1.37. The number of nitrogens with one attached hydrogen (secondary N) is 1. The SMILES string of the molecule is O=C(NCCc1cccs1)C1CCCN1c1nnc(N2CCCC2=O)s1. The molecule has 4 heterocycles. The minimum Gasteiger partial charge on any atom is -0.354 e. The van der Waals surface area contributed by atoms with Crippen molar-refractivity contribution in [2.75, 3.05) is 29.4 Å². The van der Waals surface area contributed by atoms with Gasteiger partial charge in [0, 0.05) is 30.9 Å². The fourth-order valence-corrected chi connectivity index (χ4v) is 5.11. The van der Waals surface area contributed by atoms with Crippen molar-refractivity contribution in [1.82, 2.24) is 15.5 Å². The van der Waals surface area contributed by atoms with Crippen LogP contribution in [0.4, 0.5) is 10.3 Å². The van der Waals surface area contributed by atoms with Gasteiger partial charge in [-0.3, -0.25) is 14.5 Å². The average Bonchev–Trinajstić information content (AvgIpc) is 3.41. The zero-order chi connectivity index (χ0) is 17.9. The summed E-state index contributed by atoms with van der Waals surface area (Å²) in [6, 6.07) is 3.91. The third-order valence-electron chi connectivity index (χ3n) is 4.76. The molecule has 138 valence electrons. The molecule has 2 saturated heterocycles. The molecule has 0 aliphatic carbocycles. The first-order chi connectivity index (χ1) is 12.7. The van der Waals surface area contributed by atoms with E-state index in [0.29, 0.717) is 24.6 Å². The number of amides is 2. The first-order valence-electron chi connectivity index (χ1n) is 8.93. The van der Waals surface area contributed by atoms with E-state index in [2.05, 4.69) is 21.6 Å². The lowest BCUT2D eigenvalue weighted by Crippen LogP contribution is -2.44. The van der Waals surface area contributed by atoms with Gasteiger partial charge in [-0.25, -0.2) is 0 Å². The van der Waals surface area contributed by atoms with E-state index in [1.807, 2.05) is 16.3 Å². The summed E-state index contributed by atoms with van der Waals surface area (Å²) in [5, 5.41) is 14.9. The summed E-state index contributed by atoms with van der Waals surface area (Å²) in [6.07, 6.45) is 4.08. The van der Waals surface area contributed by atoms with Crippen molar-refractivity contribution in [2.24, 2.45) is 0 Å². The summed E-state index contributed by atoms with van der Waals surface area (Å²) in [5.74, 6) is 0.157. The maximum absolute atomic E-state index is 12.6. The Hall–Kier alpha value is -2.00. The largest absolute Gasteiger partial charge is 0.354 e. The van der Waals surface area contributed by atoms with Crippen LogP contribution in [0, 0.1) is 0 Å². The molecule has 1 atom stereocenters. The van der Waals surface area contributed by atoms with Crippen molar-refractivity contribution in [2.45, 2.75) is 38.1 Å². The van der Waals surface area contributed by atoms with Crippen molar-refractivity contribution < 1.29 is 9.59 Å². The number of hydrogen-bond donors (Lipinski definition) is 1. The molecule has 0 spiro atoms. The summed E-state index contributed by atoms with van der Waals surface area (Å²) in [6.45, 7) is 2.15. The van der Waals surface area contributed by atoms with Gasteiger partial charge in [0.2, 0.25) is 22.1 Å². The molecule has 1 unspecified atom stereocenters. The second-order valence-corrected chi connectivity index (χ2v) is 8.45. The normalized spacial score (nSPS) is 20.2. The van der Waals surface area contributed by atoms with Crippen LogP contribution in [0.25, 0.3) is 0 Å². The Bertz CT molecular complexity index is 776. The summed E-state index contributed by atoms with van der Waals surface area (Å²) in [4.78, 5) is 29.5. The Morgan fingerprint density at radius 1 is 1.27 bits per heavy atom. The first kappa shape index (κ1) is 17.4. The lowest BCUT2D eigenvalue weighted by Gasteiger charge is -2.22. The molecule has 2 amide bonds. The highest BCUT2D eigenvalue weighted by atomic mass is 32.1. The highest BCUT2D eigenvalue weighted by molar-refractivity contribution is 7.19. The minimum atomic E-state index is -0.201.